The van der Waals surface area contributed by atoms with Crippen LogP contribution in [-0.2, 0) is 16.4 Å². The predicted octanol–water partition coefficient (Wildman–Crippen LogP) is 1.89. The molecule has 0 saturated carbocycles. The zero-order valence-corrected chi connectivity index (χ0v) is 11.8. The highest BCUT2D eigenvalue weighted by molar-refractivity contribution is 7.90. The monoisotopic (exact) mass is 261 g/mol. The first-order valence-corrected chi connectivity index (χ1v) is 8.12. The maximum absolute atomic E-state index is 11.1. The van der Waals surface area contributed by atoms with Gasteiger partial charge in [-0.15, -0.1) is 11.3 Å². The molecule has 0 saturated heterocycles. The van der Waals surface area contributed by atoms with Crippen LogP contribution in [0.3, 0.4) is 0 Å². The minimum absolute atomic E-state index is 0.00212. The van der Waals surface area contributed by atoms with Crippen molar-refractivity contribution in [1.82, 2.24) is 5.32 Å². The summed E-state index contributed by atoms with van der Waals surface area (Å²) in [6, 6.07) is 2.15. The van der Waals surface area contributed by atoms with Gasteiger partial charge in [-0.1, -0.05) is 0 Å². The lowest BCUT2D eigenvalue weighted by Crippen LogP contribution is -2.31. The minimum Gasteiger partial charge on any atom is -0.308 e. The van der Waals surface area contributed by atoms with Gasteiger partial charge in [0.15, 0.2) is 0 Å². The van der Waals surface area contributed by atoms with Gasteiger partial charge in [0.2, 0.25) is 0 Å². The summed E-state index contributed by atoms with van der Waals surface area (Å²) in [5, 5.41) is 3.23. The number of sulfone groups is 1. The minimum atomic E-state index is -2.89. The van der Waals surface area contributed by atoms with E-state index in [0.717, 1.165) is 6.54 Å². The van der Waals surface area contributed by atoms with Gasteiger partial charge in [-0.3, -0.25) is 0 Å². The summed E-state index contributed by atoms with van der Waals surface area (Å²) in [6.07, 6.45) is 1.27. The highest BCUT2D eigenvalue weighted by Gasteiger charge is 2.10. The molecule has 3 nitrogen and oxygen atoms in total. The SMILES string of the molecule is Cc1cc(CNC(C)CS(C)(=O)=O)sc1C. The van der Waals surface area contributed by atoms with Crippen LogP contribution in [0.5, 0.6) is 0 Å². The lowest BCUT2D eigenvalue weighted by atomic mass is 10.3. The third-order valence-electron chi connectivity index (χ3n) is 2.39. The van der Waals surface area contributed by atoms with E-state index in [0.29, 0.717) is 0 Å². The fourth-order valence-corrected chi connectivity index (χ4v) is 3.56. The van der Waals surface area contributed by atoms with Crippen molar-refractivity contribution in [1.29, 1.82) is 0 Å². The van der Waals surface area contributed by atoms with Crippen molar-refractivity contribution >= 4 is 21.2 Å². The molecule has 1 rings (SSSR count). The van der Waals surface area contributed by atoms with Crippen molar-refractivity contribution < 1.29 is 8.42 Å². The molecule has 0 aliphatic carbocycles. The molecule has 1 atom stereocenters. The Morgan fingerprint density at radius 3 is 2.50 bits per heavy atom. The van der Waals surface area contributed by atoms with Crippen LogP contribution >= 0.6 is 11.3 Å². The van der Waals surface area contributed by atoms with E-state index in [1.807, 2.05) is 6.92 Å². The van der Waals surface area contributed by atoms with E-state index in [1.165, 1.54) is 21.6 Å². The maximum Gasteiger partial charge on any atom is 0.148 e. The van der Waals surface area contributed by atoms with Crippen LogP contribution in [0.1, 0.15) is 22.2 Å². The van der Waals surface area contributed by atoms with Crippen LogP contribution in [0, 0.1) is 13.8 Å². The molecule has 1 heterocycles. The Bertz CT molecular complexity index is 429. The van der Waals surface area contributed by atoms with Gasteiger partial charge in [0, 0.05) is 28.6 Å². The predicted molar refractivity (Wildman–Crippen MR) is 69.8 cm³/mol. The molecule has 0 aliphatic rings. The molecular weight excluding hydrogens is 242 g/mol. The van der Waals surface area contributed by atoms with Crippen LogP contribution in [0.2, 0.25) is 0 Å². The summed E-state index contributed by atoms with van der Waals surface area (Å²) in [5.41, 5.74) is 1.30. The Hall–Kier alpha value is -0.390. The highest BCUT2D eigenvalue weighted by Crippen LogP contribution is 2.20. The van der Waals surface area contributed by atoms with E-state index in [4.69, 9.17) is 0 Å². The summed E-state index contributed by atoms with van der Waals surface area (Å²) in [4.78, 5) is 2.59. The molecule has 92 valence electrons. The highest BCUT2D eigenvalue weighted by atomic mass is 32.2. The van der Waals surface area contributed by atoms with Crippen molar-refractivity contribution in [3.05, 3.63) is 21.4 Å². The van der Waals surface area contributed by atoms with E-state index in [2.05, 4.69) is 25.2 Å². The van der Waals surface area contributed by atoms with Crippen LogP contribution in [0.25, 0.3) is 0 Å². The molecule has 1 N–H and O–H groups in total. The van der Waals surface area contributed by atoms with Gasteiger partial charge in [0.1, 0.15) is 9.84 Å². The first-order valence-electron chi connectivity index (χ1n) is 5.25. The van der Waals surface area contributed by atoms with Crippen molar-refractivity contribution in [3.8, 4) is 0 Å². The summed E-state index contributed by atoms with van der Waals surface area (Å²) in [6.45, 7) is 6.84. The topological polar surface area (TPSA) is 46.2 Å². The largest absolute Gasteiger partial charge is 0.308 e. The zero-order valence-electron chi connectivity index (χ0n) is 10.2. The molecule has 16 heavy (non-hydrogen) atoms. The van der Waals surface area contributed by atoms with Gasteiger partial charge in [-0.2, -0.15) is 0 Å². The summed E-state index contributed by atoms with van der Waals surface area (Å²) in [5.74, 6) is 0.191. The Morgan fingerprint density at radius 1 is 1.44 bits per heavy atom. The van der Waals surface area contributed by atoms with E-state index < -0.39 is 9.84 Å². The Labute approximate surface area is 102 Å². The number of hydrogen-bond donors (Lipinski definition) is 1. The second-order valence-corrected chi connectivity index (χ2v) is 7.85. The molecule has 0 aromatic carbocycles. The van der Waals surface area contributed by atoms with Crippen molar-refractivity contribution in [3.63, 3.8) is 0 Å². The first-order chi connectivity index (χ1) is 7.28. The Balaban J connectivity index is 2.46. The fraction of sp³-hybridized carbons (Fsp3) is 0.636. The molecule has 1 aromatic rings. The number of aryl methyl sites for hydroxylation is 2. The number of hydrogen-bond acceptors (Lipinski definition) is 4. The van der Waals surface area contributed by atoms with Gasteiger partial charge in [0.05, 0.1) is 5.75 Å². The fourth-order valence-electron chi connectivity index (χ4n) is 1.52. The number of rotatable bonds is 5. The average molecular weight is 261 g/mol. The van der Waals surface area contributed by atoms with E-state index in [1.54, 1.807) is 11.3 Å². The zero-order chi connectivity index (χ0) is 12.3. The van der Waals surface area contributed by atoms with Crippen molar-refractivity contribution in [2.24, 2.45) is 0 Å². The number of nitrogens with one attached hydrogen (secondary N) is 1. The maximum atomic E-state index is 11.1. The normalized spacial score (nSPS) is 14.0. The van der Waals surface area contributed by atoms with Crippen LogP contribution < -0.4 is 5.32 Å². The quantitative estimate of drug-likeness (QED) is 0.880. The number of thiophene rings is 1. The van der Waals surface area contributed by atoms with Crippen LogP contribution in [0.4, 0.5) is 0 Å². The van der Waals surface area contributed by atoms with Gasteiger partial charge in [-0.25, -0.2) is 8.42 Å². The molecule has 0 amide bonds. The van der Waals surface area contributed by atoms with Gasteiger partial charge < -0.3 is 5.32 Å². The second-order valence-electron chi connectivity index (χ2n) is 4.33. The molecule has 0 bridgehead atoms. The summed E-state index contributed by atoms with van der Waals surface area (Å²) >= 11 is 1.76. The first kappa shape index (κ1) is 13.7. The molecule has 0 radical (unpaired) electrons. The second kappa shape index (κ2) is 5.29. The van der Waals surface area contributed by atoms with Gasteiger partial charge in [-0.05, 0) is 32.4 Å². The lowest BCUT2D eigenvalue weighted by molar-refractivity contribution is 0.562. The standard InChI is InChI=1S/C11H19NO2S2/c1-8-5-11(15-10(8)3)6-12-9(2)7-16(4,13)14/h5,9,12H,6-7H2,1-4H3. The molecule has 1 aromatic heterocycles. The molecule has 0 aliphatic heterocycles. The Morgan fingerprint density at radius 2 is 2.06 bits per heavy atom. The van der Waals surface area contributed by atoms with Crippen molar-refractivity contribution in [2.75, 3.05) is 12.0 Å². The molecule has 0 spiro atoms. The summed E-state index contributed by atoms with van der Waals surface area (Å²) in [7, 11) is -2.89. The molecule has 5 heteroatoms. The molecule has 1 unspecified atom stereocenters. The Kier molecular flexibility index (Phi) is 4.52. The van der Waals surface area contributed by atoms with E-state index in [9.17, 15) is 8.42 Å². The molecule has 0 fully saturated rings. The van der Waals surface area contributed by atoms with Crippen LogP contribution in [0.15, 0.2) is 6.07 Å². The van der Waals surface area contributed by atoms with Gasteiger partial charge >= 0.3 is 0 Å². The third-order valence-corrected chi connectivity index (χ3v) is 4.65. The van der Waals surface area contributed by atoms with Crippen LogP contribution in [-0.4, -0.2) is 26.5 Å². The third kappa shape index (κ3) is 4.63. The van der Waals surface area contributed by atoms with Crippen molar-refractivity contribution in [2.45, 2.75) is 33.4 Å². The smallest absolute Gasteiger partial charge is 0.148 e. The summed E-state index contributed by atoms with van der Waals surface area (Å²) < 4.78 is 22.1. The van der Waals surface area contributed by atoms with Gasteiger partial charge in [0.25, 0.3) is 0 Å². The van der Waals surface area contributed by atoms with E-state index in [-0.39, 0.29) is 11.8 Å². The molecular formula is C11H19NO2S2. The average Bonchev–Trinajstić information content (AvgIpc) is 2.40. The lowest BCUT2D eigenvalue weighted by Gasteiger charge is -2.11. The van der Waals surface area contributed by atoms with E-state index >= 15 is 0 Å².